The lowest BCUT2D eigenvalue weighted by Gasteiger charge is -2.21. The van der Waals surface area contributed by atoms with Crippen LogP contribution in [-0.2, 0) is 11.2 Å². The molecule has 1 heterocycles. The Balaban J connectivity index is 1.92. The second-order valence-corrected chi connectivity index (χ2v) is 4.58. The molecule has 3 heteroatoms. The number of benzene rings is 1. The smallest absolute Gasteiger partial charge is 0.228 e. The molecule has 3 nitrogen and oxygen atoms in total. The van der Waals surface area contributed by atoms with E-state index in [1.165, 1.54) is 5.56 Å². The fourth-order valence-corrected chi connectivity index (χ4v) is 2.14. The van der Waals surface area contributed by atoms with Crippen molar-refractivity contribution in [3.8, 4) is 0 Å². The van der Waals surface area contributed by atoms with E-state index < -0.39 is 0 Å². The summed E-state index contributed by atoms with van der Waals surface area (Å²) in [5.74, 6) is 0.260. The van der Waals surface area contributed by atoms with Gasteiger partial charge in [-0.05, 0) is 43.5 Å². The molecule has 2 N–H and O–H groups in total. The van der Waals surface area contributed by atoms with Gasteiger partial charge in [0.25, 0.3) is 0 Å². The van der Waals surface area contributed by atoms with Crippen molar-refractivity contribution >= 4 is 11.6 Å². The lowest BCUT2D eigenvalue weighted by Crippen LogP contribution is -2.37. The van der Waals surface area contributed by atoms with Crippen molar-refractivity contribution in [1.29, 1.82) is 0 Å². The Hall–Kier alpha value is -1.35. The third-order valence-electron chi connectivity index (χ3n) is 3.30. The van der Waals surface area contributed by atoms with E-state index in [4.69, 9.17) is 0 Å². The number of anilines is 1. The summed E-state index contributed by atoms with van der Waals surface area (Å²) in [6, 6.07) is 8.09. The highest BCUT2D eigenvalue weighted by atomic mass is 16.1. The van der Waals surface area contributed by atoms with Crippen molar-refractivity contribution in [3.63, 3.8) is 0 Å². The number of aryl methyl sites for hydroxylation is 1. The summed E-state index contributed by atoms with van der Waals surface area (Å²) < 4.78 is 0. The van der Waals surface area contributed by atoms with Crippen LogP contribution in [0.2, 0.25) is 0 Å². The predicted molar refractivity (Wildman–Crippen MR) is 70.0 cm³/mol. The molecule has 0 aliphatic carbocycles. The van der Waals surface area contributed by atoms with Crippen LogP contribution in [0.25, 0.3) is 0 Å². The number of carbonyl (C=O) groups excluding carboxylic acids is 1. The molecule has 1 atom stereocenters. The Morgan fingerprint density at radius 2 is 2.18 bits per heavy atom. The highest BCUT2D eigenvalue weighted by Crippen LogP contribution is 2.15. The zero-order valence-electron chi connectivity index (χ0n) is 10.3. The normalized spacial score (nSPS) is 19.9. The molecule has 0 aromatic heterocycles. The summed E-state index contributed by atoms with van der Waals surface area (Å²) in [7, 11) is 0. The second-order valence-electron chi connectivity index (χ2n) is 4.58. The van der Waals surface area contributed by atoms with Gasteiger partial charge in [-0.25, -0.2) is 0 Å². The van der Waals surface area contributed by atoms with Crippen LogP contribution in [0.5, 0.6) is 0 Å². The van der Waals surface area contributed by atoms with Gasteiger partial charge in [0.1, 0.15) is 0 Å². The van der Waals surface area contributed by atoms with Crippen molar-refractivity contribution in [3.05, 3.63) is 29.8 Å². The largest absolute Gasteiger partial charge is 0.326 e. The third-order valence-corrected chi connectivity index (χ3v) is 3.30. The molecule has 1 aromatic rings. The standard InChI is InChI=1S/C14H20N2O/c1-2-11-5-7-13(8-6-11)16-14(17)12-4-3-9-15-10-12/h5-8,12,15H,2-4,9-10H2,1H3,(H,16,17). The van der Waals surface area contributed by atoms with Crippen molar-refractivity contribution in [1.82, 2.24) is 5.32 Å². The molecule has 1 unspecified atom stereocenters. The summed E-state index contributed by atoms with van der Waals surface area (Å²) in [5, 5.41) is 6.24. The van der Waals surface area contributed by atoms with E-state index in [9.17, 15) is 4.79 Å². The zero-order valence-corrected chi connectivity index (χ0v) is 10.3. The van der Waals surface area contributed by atoms with E-state index in [1.807, 2.05) is 12.1 Å². The first kappa shape index (κ1) is 12.1. The maximum absolute atomic E-state index is 12.0. The van der Waals surface area contributed by atoms with Gasteiger partial charge >= 0.3 is 0 Å². The number of amides is 1. The fraction of sp³-hybridized carbons (Fsp3) is 0.500. The number of rotatable bonds is 3. The van der Waals surface area contributed by atoms with Gasteiger partial charge in [-0.1, -0.05) is 19.1 Å². The van der Waals surface area contributed by atoms with E-state index in [1.54, 1.807) is 0 Å². The number of carbonyl (C=O) groups is 1. The Labute approximate surface area is 103 Å². The minimum atomic E-state index is 0.120. The highest BCUT2D eigenvalue weighted by Gasteiger charge is 2.20. The van der Waals surface area contributed by atoms with Crippen LogP contribution in [0, 0.1) is 5.92 Å². The van der Waals surface area contributed by atoms with E-state index in [0.29, 0.717) is 0 Å². The molecule has 1 amide bonds. The summed E-state index contributed by atoms with van der Waals surface area (Å²) in [6.45, 7) is 3.97. The van der Waals surface area contributed by atoms with Gasteiger partial charge in [0, 0.05) is 12.2 Å². The number of hydrogen-bond acceptors (Lipinski definition) is 2. The fourth-order valence-electron chi connectivity index (χ4n) is 2.14. The summed E-state index contributed by atoms with van der Waals surface area (Å²) in [4.78, 5) is 12.0. The maximum Gasteiger partial charge on any atom is 0.228 e. The van der Waals surface area contributed by atoms with Gasteiger partial charge in [0.15, 0.2) is 0 Å². The van der Waals surface area contributed by atoms with Crippen molar-refractivity contribution in [2.75, 3.05) is 18.4 Å². The van der Waals surface area contributed by atoms with Crippen LogP contribution in [0.15, 0.2) is 24.3 Å². The van der Waals surface area contributed by atoms with E-state index >= 15 is 0 Å². The molecular weight excluding hydrogens is 212 g/mol. The quantitative estimate of drug-likeness (QED) is 0.838. The first-order chi connectivity index (χ1) is 8.29. The lowest BCUT2D eigenvalue weighted by atomic mass is 9.99. The molecule has 0 bridgehead atoms. The summed E-state index contributed by atoms with van der Waals surface area (Å²) >= 11 is 0. The molecule has 2 rings (SSSR count). The minimum Gasteiger partial charge on any atom is -0.326 e. The van der Waals surface area contributed by atoms with Crippen LogP contribution in [-0.4, -0.2) is 19.0 Å². The molecule has 1 saturated heterocycles. The Kier molecular flexibility index (Phi) is 4.15. The van der Waals surface area contributed by atoms with Gasteiger partial charge in [0.2, 0.25) is 5.91 Å². The number of nitrogens with one attached hydrogen (secondary N) is 2. The van der Waals surface area contributed by atoms with Gasteiger partial charge < -0.3 is 10.6 Å². The third kappa shape index (κ3) is 3.30. The van der Waals surface area contributed by atoms with Crippen LogP contribution in [0.1, 0.15) is 25.3 Å². The lowest BCUT2D eigenvalue weighted by molar-refractivity contribution is -0.120. The van der Waals surface area contributed by atoms with Crippen molar-refractivity contribution in [2.45, 2.75) is 26.2 Å². The Morgan fingerprint density at radius 3 is 2.76 bits per heavy atom. The SMILES string of the molecule is CCc1ccc(NC(=O)C2CCCNC2)cc1. The van der Waals surface area contributed by atoms with E-state index in [-0.39, 0.29) is 11.8 Å². The molecule has 0 radical (unpaired) electrons. The number of hydrogen-bond donors (Lipinski definition) is 2. The number of piperidine rings is 1. The van der Waals surface area contributed by atoms with Gasteiger partial charge in [-0.3, -0.25) is 4.79 Å². The average Bonchev–Trinajstić information content (AvgIpc) is 2.40. The molecule has 1 aromatic carbocycles. The zero-order chi connectivity index (χ0) is 12.1. The highest BCUT2D eigenvalue weighted by molar-refractivity contribution is 5.92. The first-order valence-corrected chi connectivity index (χ1v) is 6.40. The topological polar surface area (TPSA) is 41.1 Å². The molecule has 0 saturated carbocycles. The molecule has 1 fully saturated rings. The van der Waals surface area contributed by atoms with E-state index in [2.05, 4.69) is 29.7 Å². The Morgan fingerprint density at radius 1 is 1.41 bits per heavy atom. The second kappa shape index (κ2) is 5.82. The summed E-state index contributed by atoms with van der Waals surface area (Å²) in [5.41, 5.74) is 2.19. The van der Waals surface area contributed by atoms with Crippen molar-refractivity contribution < 1.29 is 4.79 Å². The molecule has 1 aliphatic rings. The van der Waals surface area contributed by atoms with Gasteiger partial charge in [0.05, 0.1) is 5.92 Å². The molecule has 17 heavy (non-hydrogen) atoms. The van der Waals surface area contributed by atoms with E-state index in [0.717, 1.165) is 38.0 Å². The maximum atomic E-state index is 12.0. The van der Waals surface area contributed by atoms with Crippen LogP contribution >= 0.6 is 0 Å². The molecular formula is C14H20N2O. The molecule has 0 spiro atoms. The van der Waals surface area contributed by atoms with Crippen LogP contribution in [0.3, 0.4) is 0 Å². The first-order valence-electron chi connectivity index (χ1n) is 6.40. The van der Waals surface area contributed by atoms with Crippen molar-refractivity contribution in [2.24, 2.45) is 5.92 Å². The van der Waals surface area contributed by atoms with Crippen LogP contribution < -0.4 is 10.6 Å². The molecule has 92 valence electrons. The average molecular weight is 232 g/mol. The monoisotopic (exact) mass is 232 g/mol. The van der Waals surface area contributed by atoms with Gasteiger partial charge in [-0.2, -0.15) is 0 Å². The van der Waals surface area contributed by atoms with Crippen LogP contribution in [0.4, 0.5) is 5.69 Å². The predicted octanol–water partition coefficient (Wildman–Crippen LogP) is 2.19. The van der Waals surface area contributed by atoms with Gasteiger partial charge in [-0.15, -0.1) is 0 Å². The minimum absolute atomic E-state index is 0.120. The Bertz CT molecular complexity index is 366. The molecule has 1 aliphatic heterocycles. The summed E-state index contributed by atoms with van der Waals surface area (Å²) in [6.07, 6.45) is 3.11.